The number of halogens is 3. The fourth-order valence-corrected chi connectivity index (χ4v) is 6.91. The van der Waals surface area contributed by atoms with Crippen LogP contribution in [0, 0.1) is 17.8 Å². The highest BCUT2D eigenvalue weighted by atomic mass is 19.4. The Balaban J connectivity index is 1.68. The summed E-state index contributed by atoms with van der Waals surface area (Å²) in [6, 6.07) is -0.469. The van der Waals surface area contributed by atoms with Gasteiger partial charge < -0.3 is 31.5 Å². The van der Waals surface area contributed by atoms with Gasteiger partial charge in [-0.05, 0) is 75.7 Å². The first-order valence-corrected chi connectivity index (χ1v) is 13.3. The summed E-state index contributed by atoms with van der Waals surface area (Å²) in [6.07, 6.45) is -3.67. The summed E-state index contributed by atoms with van der Waals surface area (Å²) >= 11 is 0. The topological polar surface area (TPSA) is 173 Å². The number of nitrogens with one attached hydrogen (secondary N) is 1. The molecule has 4 aliphatic rings. The molecule has 4 aliphatic carbocycles. The second-order valence-electron chi connectivity index (χ2n) is 11.7. The predicted molar refractivity (Wildman–Crippen MR) is 138 cm³/mol. The van der Waals surface area contributed by atoms with Crippen LogP contribution in [0.3, 0.4) is 0 Å². The lowest BCUT2D eigenvalue weighted by Crippen LogP contribution is -2.65. The standard InChI is InChI=1S/C28H32F3N3O7/c1-10(11-4-5-11)33-9-13-8-16(35)18-14(20(13)28(29,30)31)6-12-7-15-21(34(2)3)23(37)19(26(32)40)25(39)27(15,41)24(38)17(12)22(18)36/h8,10-12,15,21,33,35-36,39,41H,4-7,9H2,1-3H3,(H2,32,40)/t10-,12+,15+,21+,27+/m1/s1. The number of likely N-dealkylation sites (N-methyl/N-ethyl adjacent to an activating group) is 1. The summed E-state index contributed by atoms with van der Waals surface area (Å²) in [5.74, 6) is -8.64. The first kappa shape index (κ1) is 29.1. The molecular formula is C28H32F3N3O7. The van der Waals surface area contributed by atoms with Crippen molar-refractivity contribution in [1.82, 2.24) is 10.2 Å². The van der Waals surface area contributed by atoms with Gasteiger partial charge in [-0.15, -0.1) is 0 Å². The van der Waals surface area contributed by atoms with Crippen LogP contribution in [0.15, 0.2) is 23.0 Å². The second kappa shape index (κ2) is 9.57. The molecule has 2 fully saturated rings. The largest absolute Gasteiger partial charge is 0.508 e. The number of Topliss-reactive ketones (excluding diaryl/α,β-unsaturated/α-hetero) is 2. The number of benzene rings is 1. The summed E-state index contributed by atoms with van der Waals surface area (Å²) in [4.78, 5) is 40.4. The summed E-state index contributed by atoms with van der Waals surface area (Å²) < 4.78 is 43.7. The SMILES string of the molecule is C[C@@H](NCc1cc(O)c2c(c1C(F)(F)F)C[C@H]1C[C@H]3[C@H](N(C)C)C(=O)C(C(N)=O)=C(O)[C@@]3(O)C(=O)C1=C2O)C1CC1. The van der Waals surface area contributed by atoms with E-state index in [2.05, 4.69) is 5.32 Å². The molecular weight excluding hydrogens is 547 g/mol. The van der Waals surface area contributed by atoms with Crippen LogP contribution in [0.1, 0.15) is 48.4 Å². The molecule has 222 valence electrons. The Morgan fingerprint density at radius 1 is 1.22 bits per heavy atom. The number of amides is 1. The van der Waals surface area contributed by atoms with Crippen molar-refractivity contribution in [2.24, 2.45) is 23.5 Å². The highest BCUT2D eigenvalue weighted by Gasteiger charge is 2.64. The van der Waals surface area contributed by atoms with Crippen molar-refractivity contribution < 1.29 is 48.0 Å². The number of hydrogen-bond acceptors (Lipinski definition) is 9. The average Bonchev–Trinajstić information content (AvgIpc) is 3.69. The van der Waals surface area contributed by atoms with Crippen molar-refractivity contribution in [3.8, 4) is 5.75 Å². The molecule has 10 nitrogen and oxygen atoms in total. The number of hydrogen-bond donors (Lipinski definition) is 6. The molecule has 0 aliphatic heterocycles. The van der Waals surface area contributed by atoms with Gasteiger partial charge in [0.05, 0.1) is 17.2 Å². The van der Waals surface area contributed by atoms with Crippen molar-refractivity contribution in [1.29, 1.82) is 0 Å². The monoisotopic (exact) mass is 579 g/mol. The number of aliphatic hydroxyl groups is 3. The number of aliphatic hydroxyl groups excluding tert-OH is 2. The van der Waals surface area contributed by atoms with Crippen LogP contribution >= 0.6 is 0 Å². The van der Waals surface area contributed by atoms with E-state index in [1.54, 1.807) is 0 Å². The van der Waals surface area contributed by atoms with Crippen LogP contribution < -0.4 is 11.1 Å². The molecule has 0 aromatic heterocycles. The van der Waals surface area contributed by atoms with Crippen LogP contribution in [0.25, 0.3) is 5.76 Å². The van der Waals surface area contributed by atoms with Gasteiger partial charge in [0, 0.05) is 24.1 Å². The average molecular weight is 580 g/mol. The van der Waals surface area contributed by atoms with Gasteiger partial charge in [-0.2, -0.15) is 13.2 Å². The number of fused-ring (bicyclic) bond motifs is 3. The normalized spacial score (nSPS) is 28.9. The first-order valence-electron chi connectivity index (χ1n) is 13.3. The molecule has 1 amide bonds. The van der Waals surface area contributed by atoms with Gasteiger partial charge in [0.25, 0.3) is 5.91 Å². The molecule has 0 spiro atoms. The summed E-state index contributed by atoms with van der Waals surface area (Å²) in [7, 11) is 2.88. The fourth-order valence-electron chi connectivity index (χ4n) is 6.91. The number of nitrogens with two attached hydrogens (primary N) is 1. The minimum Gasteiger partial charge on any atom is -0.508 e. The van der Waals surface area contributed by atoms with E-state index < -0.39 is 98.7 Å². The van der Waals surface area contributed by atoms with Crippen molar-refractivity contribution in [2.75, 3.05) is 14.1 Å². The van der Waals surface area contributed by atoms with Crippen LogP contribution in [-0.4, -0.2) is 74.6 Å². The lowest BCUT2D eigenvalue weighted by Gasteiger charge is -2.50. The molecule has 13 heteroatoms. The van der Waals surface area contributed by atoms with E-state index in [-0.39, 0.29) is 24.6 Å². The van der Waals surface area contributed by atoms with Gasteiger partial charge in [-0.25, -0.2) is 0 Å². The van der Waals surface area contributed by atoms with E-state index >= 15 is 0 Å². The van der Waals surface area contributed by atoms with Crippen LogP contribution in [0.4, 0.5) is 13.2 Å². The fraction of sp³-hybridized carbons (Fsp3) is 0.536. The van der Waals surface area contributed by atoms with Crippen molar-refractivity contribution in [2.45, 2.75) is 63.0 Å². The number of phenols is 1. The van der Waals surface area contributed by atoms with E-state index in [0.717, 1.165) is 18.9 Å². The minimum absolute atomic E-state index is 0.0411. The lowest BCUT2D eigenvalue weighted by molar-refractivity contribution is -0.153. The lowest BCUT2D eigenvalue weighted by atomic mass is 9.57. The number of phenolic OH excluding ortho intramolecular Hbond substituents is 1. The van der Waals surface area contributed by atoms with E-state index in [1.807, 2.05) is 6.92 Å². The van der Waals surface area contributed by atoms with Gasteiger partial charge >= 0.3 is 6.18 Å². The van der Waals surface area contributed by atoms with Crippen molar-refractivity contribution >= 4 is 23.2 Å². The Hall–Kier alpha value is -3.42. The Labute approximate surface area is 233 Å². The number of rotatable bonds is 6. The van der Waals surface area contributed by atoms with Gasteiger partial charge in [0.2, 0.25) is 5.78 Å². The van der Waals surface area contributed by atoms with Gasteiger partial charge in [0.15, 0.2) is 11.4 Å². The second-order valence-corrected chi connectivity index (χ2v) is 11.7. The number of carbonyl (C=O) groups excluding carboxylic acids is 3. The Morgan fingerprint density at radius 3 is 2.39 bits per heavy atom. The zero-order chi connectivity index (χ0) is 30.3. The molecule has 1 aromatic rings. The summed E-state index contributed by atoms with van der Waals surface area (Å²) in [5, 5.41) is 47.6. The molecule has 0 bridgehead atoms. The Kier molecular flexibility index (Phi) is 6.79. The molecule has 5 atom stereocenters. The molecule has 41 heavy (non-hydrogen) atoms. The number of carbonyl (C=O) groups is 3. The van der Waals surface area contributed by atoms with Crippen LogP contribution in [0.2, 0.25) is 0 Å². The molecule has 0 saturated heterocycles. The van der Waals surface area contributed by atoms with Gasteiger partial charge in [-0.1, -0.05) is 0 Å². The molecule has 2 saturated carbocycles. The maximum absolute atomic E-state index is 14.6. The molecule has 1 aromatic carbocycles. The zero-order valence-electron chi connectivity index (χ0n) is 22.7. The number of nitrogens with zero attached hydrogens (tertiary/aromatic N) is 1. The highest BCUT2D eigenvalue weighted by molar-refractivity contribution is 6.24. The van der Waals surface area contributed by atoms with Crippen LogP contribution in [-0.2, 0) is 33.5 Å². The van der Waals surface area contributed by atoms with Gasteiger partial charge in [0.1, 0.15) is 22.8 Å². The summed E-state index contributed by atoms with van der Waals surface area (Å²) in [6.45, 7) is 1.68. The molecule has 7 N–H and O–H groups in total. The number of alkyl halides is 3. The van der Waals surface area contributed by atoms with E-state index in [1.165, 1.54) is 19.0 Å². The quantitative estimate of drug-likeness (QED) is 0.275. The molecule has 0 heterocycles. The number of ketones is 2. The predicted octanol–water partition coefficient (Wildman–Crippen LogP) is 1.87. The Bertz CT molecular complexity index is 1430. The smallest absolute Gasteiger partial charge is 0.417 e. The van der Waals surface area contributed by atoms with Crippen molar-refractivity contribution in [3.63, 3.8) is 0 Å². The number of aromatic hydroxyl groups is 1. The van der Waals surface area contributed by atoms with Crippen LogP contribution in [0.5, 0.6) is 5.75 Å². The maximum Gasteiger partial charge on any atom is 0.417 e. The van der Waals surface area contributed by atoms with E-state index in [9.17, 15) is 48.0 Å². The molecule has 0 radical (unpaired) electrons. The zero-order valence-corrected chi connectivity index (χ0v) is 22.7. The third-order valence-electron chi connectivity index (χ3n) is 9.03. The molecule has 0 unspecified atom stereocenters. The highest BCUT2D eigenvalue weighted by Crippen LogP contribution is 2.54. The summed E-state index contributed by atoms with van der Waals surface area (Å²) in [5.41, 5.74) is -1.30. The van der Waals surface area contributed by atoms with Crippen molar-refractivity contribution in [3.05, 3.63) is 45.2 Å². The Morgan fingerprint density at radius 2 is 1.85 bits per heavy atom. The first-order chi connectivity index (χ1) is 19.0. The third-order valence-corrected chi connectivity index (χ3v) is 9.03. The van der Waals surface area contributed by atoms with E-state index in [0.29, 0.717) is 5.92 Å². The van der Waals surface area contributed by atoms with Gasteiger partial charge in [-0.3, -0.25) is 19.3 Å². The third kappa shape index (κ3) is 4.32. The molecule has 5 rings (SSSR count). The van der Waals surface area contributed by atoms with E-state index in [4.69, 9.17) is 5.73 Å². The maximum atomic E-state index is 14.6. The minimum atomic E-state index is -4.88. The number of primary amides is 1.